The number of ether oxygens (including phenoxy) is 3. The molecule has 0 spiro atoms. The summed E-state index contributed by atoms with van der Waals surface area (Å²) in [6, 6.07) is 21.7. The van der Waals surface area contributed by atoms with Gasteiger partial charge in [0.1, 0.15) is 23.1 Å². The van der Waals surface area contributed by atoms with Gasteiger partial charge in [0.05, 0.1) is 54.2 Å². The maximum atomic E-state index is 13.8. The highest BCUT2D eigenvalue weighted by molar-refractivity contribution is 6.32. The molecule has 0 saturated carbocycles. The maximum Gasteiger partial charge on any atom is 0.408 e. The van der Waals surface area contributed by atoms with Gasteiger partial charge in [0.25, 0.3) is 0 Å². The number of hydrogen-bond acceptors (Lipinski definition) is 10. The minimum Gasteiger partial charge on any atom is -0.497 e. The van der Waals surface area contributed by atoms with Crippen LogP contribution < -0.4 is 30.7 Å². The molecule has 6 rings (SSSR count). The van der Waals surface area contributed by atoms with E-state index >= 15 is 0 Å². The smallest absolute Gasteiger partial charge is 0.408 e. The molecule has 0 saturated heterocycles. The number of amides is 3. The molecule has 1 atom stereocenters. The lowest BCUT2D eigenvalue weighted by Crippen LogP contribution is -2.49. The SMILES string of the molecule is COc1ccc2nc3cc(Cl)ccc3c(NCCCN(CCCNc3c4ccc(Cl)cc4nc4ccc(OC)cc34)C(=O)CNC(=O)[C@H](C)NC(=O)OC(C)(C)C)c2c1. The van der Waals surface area contributed by atoms with Crippen LogP contribution in [-0.4, -0.2) is 91.4 Å². The van der Waals surface area contributed by atoms with Crippen molar-refractivity contribution in [1.82, 2.24) is 25.5 Å². The van der Waals surface area contributed by atoms with E-state index in [9.17, 15) is 14.4 Å². The van der Waals surface area contributed by atoms with Crippen molar-refractivity contribution >= 4 is 96.1 Å². The molecular weight excluding hydrogens is 793 g/mol. The quantitative estimate of drug-likeness (QED) is 0.0550. The molecule has 2 aromatic heterocycles. The van der Waals surface area contributed by atoms with E-state index in [0.29, 0.717) is 60.6 Å². The van der Waals surface area contributed by atoms with Crippen LogP contribution in [-0.2, 0) is 14.3 Å². The molecule has 0 aliphatic heterocycles. The van der Waals surface area contributed by atoms with Gasteiger partial charge in [-0.05, 0) is 113 Å². The highest BCUT2D eigenvalue weighted by Crippen LogP contribution is 2.35. The molecular formula is C44H49Cl2N7O6. The molecule has 59 heavy (non-hydrogen) atoms. The standard InChI is InChI=1S/C44H49Cl2N7O6/c1-26(50-43(56)59-44(2,3)4)42(55)49-25-39(54)53(19-7-17-47-40-31-13-9-27(45)21-37(31)51-35-15-11-29(57-5)23-33(35)40)20-8-18-48-41-32-14-10-28(46)22-38(32)52-36-16-12-30(58-6)24-34(36)41/h9-16,21-24,26H,7-8,17-20,25H2,1-6H3,(H,47,51)(H,48,52)(H,49,55)(H,50,56)/t26-/m0/s1. The van der Waals surface area contributed by atoms with Gasteiger partial charge in [-0.2, -0.15) is 0 Å². The fourth-order valence-electron chi connectivity index (χ4n) is 6.73. The van der Waals surface area contributed by atoms with E-state index in [1.54, 1.807) is 39.9 Å². The zero-order valence-corrected chi connectivity index (χ0v) is 35.5. The number of carbonyl (C=O) groups is 3. The minimum absolute atomic E-state index is 0.250. The van der Waals surface area contributed by atoms with Gasteiger partial charge < -0.3 is 40.4 Å². The molecule has 15 heteroatoms. The Kier molecular flexibility index (Phi) is 13.7. The second-order valence-corrected chi connectivity index (χ2v) is 16.0. The number of hydrogen-bond donors (Lipinski definition) is 4. The number of carbonyl (C=O) groups excluding carboxylic acids is 3. The van der Waals surface area contributed by atoms with E-state index < -0.39 is 23.6 Å². The summed E-state index contributed by atoms with van der Waals surface area (Å²) in [6.45, 7) is 8.35. The average molecular weight is 843 g/mol. The first-order valence-electron chi connectivity index (χ1n) is 19.4. The van der Waals surface area contributed by atoms with Gasteiger partial charge in [0.2, 0.25) is 11.8 Å². The number of methoxy groups -OCH3 is 2. The van der Waals surface area contributed by atoms with E-state index in [2.05, 4.69) is 21.3 Å². The Balaban J connectivity index is 1.16. The zero-order chi connectivity index (χ0) is 42.3. The number of halogens is 2. The summed E-state index contributed by atoms with van der Waals surface area (Å²) in [6.07, 6.45) is 0.459. The summed E-state index contributed by atoms with van der Waals surface area (Å²) in [7, 11) is 3.25. The number of nitrogens with zero attached hydrogens (tertiary/aromatic N) is 3. The van der Waals surface area contributed by atoms with Crippen molar-refractivity contribution in [2.45, 2.75) is 52.2 Å². The van der Waals surface area contributed by atoms with E-state index in [1.165, 1.54) is 6.92 Å². The van der Waals surface area contributed by atoms with Crippen molar-refractivity contribution in [1.29, 1.82) is 0 Å². The predicted octanol–water partition coefficient (Wildman–Crippen LogP) is 8.58. The van der Waals surface area contributed by atoms with Gasteiger partial charge in [-0.1, -0.05) is 23.2 Å². The largest absolute Gasteiger partial charge is 0.497 e. The van der Waals surface area contributed by atoms with E-state index in [1.807, 2.05) is 72.8 Å². The minimum atomic E-state index is -0.920. The number of pyridine rings is 2. The van der Waals surface area contributed by atoms with Crippen molar-refractivity contribution in [3.05, 3.63) is 82.8 Å². The molecule has 4 aromatic carbocycles. The Morgan fingerprint density at radius 1 is 0.695 bits per heavy atom. The van der Waals surface area contributed by atoms with Crippen LogP contribution >= 0.6 is 23.2 Å². The topological polar surface area (TPSA) is 156 Å². The van der Waals surface area contributed by atoms with Gasteiger partial charge in [-0.15, -0.1) is 0 Å². The van der Waals surface area contributed by atoms with Crippen LogP contribution in [0.1, 0.15) is 40.5 Å². The Morgan fingerprint density at radius 3 is 1.64 bits per heavy atom. The Hall–Kier alpha value is -5.79. The first-order valence-corrected chi connectivity index (χ1v) is 20.2. The number of aromatic nitrogens is 2. The molecule has 4 N–H and O–H groups in total. The van der Waals surface area contributed by atoms with Crippen LogP contribution in [0.2, 0.25) is 10.0 Å². The Morgan fingerprint density at radius 2 is 1.19 bits per heavy atom. The third kappa shape index (κ3) is 10.8. The predicted molar refractivity (Wildman–Crippen MR) is 236 cm³/mol. The molecule has 0 bridgehead atoms. The number of alkyl carbamates (subject to hydrolysis) is 1. The molecule has 2 heterocycles. The van der Waals surface area contributed by atoms with Crippen LogP contribution in [0.25, 0.3) is 43.6 Å². The molecule has 0 fully saturated rings. The van der Waals surface area contributed by atoms with Crippen molar-refractivity contribution < 1.29 is 28.6 Å². The lowest BCUT2D eigenvalue weighted by molar-refractivity contribution is -0.133. The molecule has 6 aromatic rings. The van der Waals surface area contributed by atoms with Gasteiger partial charge >= 0.3 is 6.09 Å². The molecule has 0 aliphatic carbocycles. The third-order valence-electron chi connectivity index (χ3n) is 9.59. The molecule has 3 amide bonds. The van der Waals surface area contributed by atoms with Gasteiger partial charge in [0.15, 0.2) is 0 Å². The summed E-state index contributed by atoms with van der Waals surface area (Å²) in [5.74, 6) is 0.636. The number of benzene rings is 4. The monoisotopic (exact) mass is 841 g/mol. The lowest BCUT2D eigenvalue weighted by Gasteiger charge is -2.25. The highest BCUT2D eigenvalue weighted by Gasteiger charge is 2.23. The van der Waals surface area contributed by atoms with E-state index in [4.69, 9.17) is 47.4 Å². The van der Waals surface area contributed by atoms with E-state index in [0.717, 1.165) is 55.0 Å². The second kappa shape index (κ2) is 18.9. The van der Waals surface area contributed by atoms with Crippen LogP contribution in [0.15, 0.2) is 72.8 Å². The number of anilines is 2. The normalized spacial score (nSPS) is 12.0. The van der Waals surface area contributed by atoms with Crippen LogP contribution in [0.5, 0.6) is 11.5 Å². The Labute approximate surface area is 353 Å². The number of nitrogens with one attached hydrogen (secondary N) is 4. The van der Waals surface area contributed by atoms with Crippen molar-refractivity contribution in [2.24, 2.45) is 0 Å². The lowest BCUT2D eigenvalue weighted by atomic mass is 10.1. The summed E-state index contributed by atoms with van der Waals surface area (Å²) < 4.78 is 16.3. The first-order chi connectivity index (χ1) is 28.2. The highest BCUT2D eigenvalue weighted by atomic mass is 35.5. The molecule has 13 nitrogen and oxygen atoms in total. The third-order valence-corrected chi connectivity index (χ3v) is 10.1. The maximum absolute atomic E-state index is 13.8. The molecule has 0 radical (unpaired) electrons. The fraction of sp³-hybridized carbons (Fsp3) is 0.341. The number of rotatable bonds is 16. The summed E-state index contributed by atoms with van der Waals surface area (Å²) >= 11 is 12.7. The van der Waals surface area contributed by atoms with Crippen molar-refractivity contribution in [3.63, 3.8) is 0 Å². The zero-order valence-electron chi connectivity index (χ0n) is 34.0. The van der Waals surface area contributed by atoms with Crippen LogP contribution in [0.4, 0.5) is 16.2 Å². The average Bonchev–Trinajstić information content (AvgIpc) is 3.19. The summed E-state index contributed by atoms with van der Waals surface area (Å²) in [5.41, 5.74) is 4.13. The van der Waals surface area contributed by atoms with Crippen molar-refractivity contribution in [2.75, 3.05) is 57.6 Å². The molecule has 0 unspecified atom stereocenters. The fourth-order valence-corrected chi connectivity index (χ4v) is 7.07. The summed E-state index contributed by atoms with van der Waals surface area (Å²) in [5, 5.41) is 17.2. The van der Waals surface area contributed by atoms with Gasteiger partial charge in [-0.3, -0.25) is 9.59 Å². The summed E-state index contributed by atoms with van der Waals surface area (Å²) in [4.78, 5) is 50.4. The molecule has 0 aliphatic rings. The van der Waals surface area contributed by atoms with Crippen LogP contribution in [0, 0.1) is 0 Å². The molecule has 310 valence electrons. The van der Waals surface area contributed by atoms with Crippen molar-refractivity contribution in [3.8, 4) is 11.5 Å². The number of fused-ring (bicyclic) bond motifs is 4. The van der Waals surface area contributed by atoms with Gasteiger partial charge in [-0.25, -0.2) is 14.8 Å². The Bertz CT molecular complexity index is 2370. The van der Waals surface area contributed by atoms with Gasteiger partial charge in [0, 0.05) is 57.8 Å². The van der Waals surface area contributed by atoms with Crippen LogP contribution in [0.3, 0.4) is 0 Å². The first kappa shape index (κ1) is 42.8. The van der Waals surface area contributed by atoms with E-state index in [-0.39, 0.29) is 12.5 Å². The second-order valence-electron chi connectivity index (χ2n) is 15.1.